The lowest BCUT2D eigenvalue weighted by molar-refractivity contribution is 0.566. The van der Waals surface area contributed by atoms with Crippen LogP contribution in [0.2, 0.25) is 0 Å². The molecule has 1 aromatic carbocycles. The highest BCUT2D eigenvalue weighted by molar-refractivity contribution is 9.10. The minimum absolute atomic E-state index is 0.160. The first-order valence-electron chi connectivity index (χ1n) is 4.67. The van der Waals surface area contributed by atoms with Crippen LogP contribution in [0.3, 0.4) is 0 Å². The lowest BCUT2D eigenvalue weighted by Crippen LogP contribution is -2.05. The van der Waals surface area contributed by atoms with E-state index in [0.29, 0.717) is 5.92 Å². The van der Waals surface area contributed by atoms with Crippen LogP contribution in [0, 0.1) is 11.7 Å². The summed E-state index contributed by atoms with van der Waals surface area (Å²) in [5, 5.41) is 0.965. The van der Waals surface area contributed by atoms with E-state index >= 15 is 0 Å². The normalized spacial score (nSPS) is 12.9. The van der Waals surface area contributed by atoms with Gasteiger partial charge in [0.25, 0.3) is 0 Å². The third-order valence-corrected chi connectivity index (χ3v) is 4.00. The molecule has 0 heterocycles. The summed E-state index contributed by atoms with van der Waals surface area (Å²) < 4.78 is 14.0. The average molecular weight is 324 g/mol. The fourth-order valence-corrected chi connectivity index (χ4v) is 2.41. The third-order valence-electron chi connectivity index (χ3n) is 2.31. The van der Waals surface area contributed by atoms with Gasteiger partial charge in [0.05, 0.1) is 0 Å². The first-order chi connectivity index (χ1) is 6.67. The molecule has 0 N–H and O–H groups in total. The van der Waals surface area contributed by atoms with E-state index in [0.717, 1.165) is 28.2 Å². The molecule has 14 heavy (non-hydrogen) atoms. The molecule has 1 unspecified atom stereocenters. The van der Waals surface area contributed by atoms with Crippen LogP contribution in [0.15, 0.2) is 22.7 Å². The topological polar surface area (TPSA) is 0 Å². The second-order valence-corrected chi connectivity index (χ2v) is 4.87. The smallest absolute Gasteiger partial charge is 0.123 e. The predicted molar refractivity (Wildman–Crippen MR) is 65.4 cm³/mol. The van der Waals surface area contributed by atoms with Crippen LogP contribution in [0.1, 0.15) is 18.9 Å². The van der Waals surface area contributed by atoms with Crippen LogP contribution in [0.25, 0.3) is 0 Å². The highest BCUT2D eigenvalue weighted by Gasteiger charge is 2.09. The Kier molecular flexibility index (Phi) is 5.10. The Morgan fingerprint density at radius 1 is 1.43 bits per heavy atom. The summed E-state index contributed by atoms with van der Waals surface area (Å²) in [4.78, 5) is 0. The second kappa shape index (κ2) is 5.86. The largest absolute Gasteiger partial charge is 0.207 e. The maximum Gasteiger partial charge on any atom is 0.123 e. The maximum absolute atomic E-state index is 13.0. The molecule has 0 aliphatic heterocycles. The highest BCUT2D eigenvalue weighted by Crippen LogP contribution is 2.23. The molecule has 0 aromatic heterocycles. The van der Waals surface area contributed by atoms with Crippen molar-refractivity contribution < 1.29 is 4.39 Å². The average Bonchev–Trinajstić information content (AvgIpc) is 2.19. The van der Waals surface area contributed by atoms with Crippen molar-refractivity contribution >= 4 is 31.9 Å². The summed E-state index contributed by atoms with van der Waals surface area (Å²) in [7, 11) is 0. The second-order valence-electron chi connectivity index (χ2n) is 3.37. The van der Waals surface area contributed by atoms with E-state index < -0.39 is 0 Å². The van der Waals surface area contributed by atoms with Crippen molar-refractivity contribution in [2.24, 2.45) is 5.92 Å². The number of alkyl halides is 1. The van der Waals surface area contributed by atoms with Gasteiger partial charge in [0.2, 0.25) is 0 Å². The van der Waals surface area contributed by atoms with E-state index in [1.54, 1.807) is 12.1 Å². The molecular formula is C11H13Br2F. The minimum atomic E-state index is -0.160. The lowest BCUT2D eigenvalue weighted by atomic mass is 9.99. The molecule has 3 heteroatoms. The molecular weight excluding hydrogens is 311 g/mol. The van der Waals surface area contributed by atoms with Crippen LogP contribution in [0.5, 0.6) is 0 Å². The van der Waals surface area contributed by atoms with E-state index in [1.807, 2.05) is 0 Å². The van der Waals surface area contributed by atoms with Gasteiger partial charge in [-0.25, -0.2) is 4.39 Å². The fourth-order valence-electron chi connectivity index (χ4n) is 1.32. The van der Waals surface area contributed by atoms with Crippen molar-refractivity contribution in [1.29, 1.82) is 0 Å². The van der Waals surface area contributed by atoms with Crippen LogP contribution in [-0.2, 0) is 6.42 Å². The number of benzene rings is 1. The zero-order valence-electron chi connectivity index (χ0n) is 8.06. The van der Waals surface area contributed by atoms with E-state index in [4.69, 9.17) is 0 Å². The summed E-state index contributed by atoms with van der Waals surface area (Å²) in [5.41, 5.74) is 1.05. The van der Waals surface area contributed by atoms with Crippen LogP contribution >= 0.6 is 31.9 Å². The zero-order valence-corrected chi connectivity index (χ0v) is 11.2. The fraction of sp³-hybridized carbons (Fsp3) is 0.455. The zero-order chi connectivity index (χ0) is 10.6. The molecule has 0 spiro atoms. The third kappa shape index (κ3) is 3.35. The van der Waals surface area contributed by atoms with Gasteiger partial charge in [0, 0.05) is 9.80 Å². The number of halogens is 3. The van der Waals surface area contributed by atoms with Gasteiger partial charge in [0.1, 0.15) is 5.82 Å². The van der Waals surface area contributed by atoms with E-state index in [9.17, 15) is 4.39 Å². The Morgan fingerprint density at radius 2 is 2.14 bits per heavy atom. The van der Waals surface area contributed by atoms with Crippen molar-refractivity contribution in [3.63, 3.8) is 0 Å². The summed E-state index contributed by atoms with van der Waals surface area (Å²) in [6.07, 6.45) is 2.02. The Bertz CT molecular complexity index is 295. The van der Waals surface area contributed by atoms with Gasteiger partial charge in [-0.1, -0.05) is 45.2 Å². The van der Waals surface area contributed by atoms with Crippen LogP contribution in [0.4, 0.5) is 4.39 Å². The van der Waals surface area contributed by atoms with E-state index in [1.165, 1.54) is 6.07 Å². The molecule has 0 bridgehead atoms. The summed E-state index contributed by atoms with van der Waals surface area (Å²) in [6, 6.07) is 4.85. The number of hydrogen-bond donors (Lipinski definition) is 0. The van der Waals surface area contributed by atoms with Crippen LogP contribution < -0.4 is 0 Å². The van der Waals surface area contributed by atoms with E-state index in [2.05, 4.69) is 38.8 Å². The first-order valence-corrected chi connectivity index (χ1v) is 6.58. The van der Waals surface area contributed by atoms with Gasteiger partial charge in [0.15, 0.2) is 0 Å². The molecule has 0 saturated heterocycles. The molecule has 1 rings (SSSR count). The van der Waals surface area contributed by atoms with Crippen molar-refractivity contribution in [1.82, 2.24) is 0 Å². The summed E-state index contributed by atoms with van der Waals surface area (Å²) >= 11 is 6.90. The van der Waals surface area contributed by atoms with Crippen molar-refractivity contribution in [3.05, 3.63) is 34.1 Å². The molecule has 0 amide bonds. The minimum Gasteiger partial charge on any atom is -0.207 e. The summed E-state index contributed by atoms with van der Waals surface area (Å²) in [5.74, 6) is 0.417. The van der Waals surface area contributed by atoms with Crippen molar-refractivity contribution in [2.45, 2.75) is 19.8 Å². The molecule has 0 aliphatic rings. The molecule has 0 radical (unpaired) electrons. The molecule has 1 atom stereocenters. The molecule has 0 nitrogen and oxygen atoms in total. The number of rotatable bonds is 4. The van der Waals surface area contributed by atoms with E-state index in [-0.39, 0.29) is 5.82 Å². The van der Waals surface area contributed by atoms with Gasteiger partial charge in [-0.2, -0.15) is 0 Å². The molecule has 0 saturated carbocycles. The maximum atomic E-state index is 13.0. The molecule has 78 valence electrons. The number of hydrogen-bond acceptors (Lipinski definition) is 0. The van der Waals surface area contributed by atoms with Gasteiger partial charge in [-0.05, 0) is 36.1 Å². The predicted octanol–water partition coefficient (Wildman–Crippen LogP) is 4.55. The Balaban J connectivity index is 2.79. The van der Waals surface area contributed by atoms with Gasteiger partial charge in [-0.3, -0.25) is 0 Å². The molecule has 1 aromatic rings. The Morgan fingerprint density at radius 3 is 2.71 bits per heavy atom. The monoisotopic (exact) mass is 322 g/mol. The lowest BCUT2D eigenvalue weighted by Gasteiger charge is -2.12. The standard InChI is InChI=1S/C11H13Br2F/c1-2-8(7-12)5-9-6-10(14)3-4-11(9)13/h3-4,6,8H,2,5,7H2,1H3. The SMILES string of the molecule is CCC(CBr)Cc1cc(F)ccc1Br. The van der Waals surface area contributed by atoms with Crippen LogP contribution in [-0.4, -0.2) is 5.33 Å². The molecule has 0 aliphatic carbocycles. The summed E-state index contributed by atoms with van der Waals surface area (Å²) in [6.45, 7) is 2.15. The van der Waals surface area contributed by atoms with Crippen molar-refractivity contribution in [2.75, 3.05) is 5.33 Å². The highest BCUT2D eigenvalue weighted by atomic mass is 79.9. The van der Waals surface area contributed by atoms with Gasteiger partial charge in [-0.15, -0.1) is 0 Å². The first kappa shape index (κ1) is 12.2. The Labute approximate surface area is 101 Å². The van der Waals surface area contributed by atoms with Gasteiger partial charge >= 0.3 is 0 Å². The molecule has 0 fully saturated rings. The Hall–Kier alpha value is 0.110. The van der Waals surface area contributed by atoms with Crippen molar-refractivity contribution in [3.8, 4) is 0 Å². The quantitative estimate of drug-likeness (QED) is 0.713. The van der Waals surface area contributed by atoms with Gasteiger partial charge < -0.3 is 0 Å².